The van der Waals surface area contributed by atoms with Gasteiger partial charge in [0.25, 0.3) is 0 Å². The van der Waals surface area contributed by atoms with Gasteiger partial charge in [0.15, 0.2) is 0 Å². The van der Waals surface area contributed by atoms with Crippen LogP contribution in [0.4, 0.5) is 4.79 Å². The number of nitrogens with zero attached hydrogens (tertiary/aromatic N) is 2. The molecule has 0 saturated carbocycles. The van der Waals surface area contributed by atoms with Crippen molar-refractivity contribution in [2.75, 3.05) is 32.8 Å². The number of hydrogen-bond donors (Lipinski definition) is 0. The molecule has 0 aromatic heterocycles. The Bertz CT molecular complexity index is 478. The van der Waals surface area contributed by atoms with Crippen LogP contribution in [0.15, 0.2) is 0 Å². The van der Waals surface area contributed by atoms with E-state index in [4.69, 9.17) is 15.9 Å². The number of ether oxygens (including phenoxy) is 2. The lowest BCUT2D eigenvalue weighted by Crippen LogP contribution is -2.51. The molecule has 0 radical (unpaired) electrons. The Labute approximate surface area is 131 Å². The van der Waals surface area contributed by atoms with Crippen LogP contribution >= 0.6 is 0 Å². The summed E-state index contributed by atoms with van der Waals surface area (Å²) in [6, 6.07) is 0. The molecule has 6 heteroatoms. The predicted molar refractivity (Wildman–Crippen MR) is 81.1 cm³/mol. The Kier molecular flexibility index (Phi) is 4.97. The normalized spacial score (nSPS) is 26.0. The molecule has 2 heterocycles. The fraction of sp³-hybridized carbons (Fsp3) is 0.750. The summed E-state index contributed by atoms with van der Waals surface area (Å²) in [5.41, 5.74) is -0.518. The lowest BCUT2D eigenvalue weighted by Gasteiger charge is -2.35. The largest absolute Gasteiger partial charge is 0.444 e. The number of morpholine rings is 1. The highest BCUT2D eigenvalue weighted by atomic mass is 16.6. The molecule has 2 aliphatic rings. The molecule has 2 aliphatic heterocycles. The molecule has 1 unspecified atom stereocenters. The van der Waals surface area contributed by atoms with Gasteiger partial charge in [-0.3, -0.25) is 4.79 Å². The third-order valence-corrected chi connectivity index (χ3v) is 3.66. The van der Waals surface area contributed by atoms with Crippen LogP contribution in [0.3, 0.4) is 0 Å². The van der Waals surface area contributed by atoms with Crippen LogP contribution in [0.1, 0.15) is 27.2 Å². The predicted octanol–water partition coefficient (Wildman–Crippen LogP) is 1.10. The first-order valence-electron chi connectivity index (χ1n) is 7.62. The first-order valence-corrected chi connectivity index (χ1v) is 7.62. The van der Waals surface area contributed by atoms with Gasteiger partial charge in [0.05, 0.1) is 19.3 Å². The van der Waals surface area contributed by atoms with Gasteiger partial charge in [-0.05, 0) is 20.8 Å². The standard InChI is InChI=1S/C16H24N2O4/c1-5-12-8-14(19)18(9-12)11-13-10-17(6-7-21-13)15(20)22-16(2,3)4/h1,12-13H,6-11H2,2-4H3/t12?,13-/m0/s1. The van der Waals surface area contributed by atoms with E-state index in [0.29, 0.717) is 39.2 Å². The molecule has 0 aliphatic carbocycles. The van der Waals surface area contributed by atoms with Crippen LogP contribution in [0.2, 0.25) is 0 Å². The van der Waals surface area contributed by atoms with Crippen molar-refractivity contribution in [1.29, 1.82) is 0 Å². The zero-order valence-corrected chi connectivity index (χ0v) is 13.5. The quantitative estimate of drug-likeness (QED) is 0.717. The van der Waals surface area contributed by atoms with Crippen LogP contribution in [0.25, 0.3) is 0 Å². The Morgan fingerprint density at radius 2 is 2.18 bits per heavy atom. The van der Waals surface area contributed by atoms with E-state index >= 15 is 0 Å². The van der Waals surface area contributed by atoms with Crippen LogP contribution in [-0.4, -0.2) is 66.3 Å². The van der Waals surface area contributed by atoms with Crippen molar-refractivity contribution in [3.05, 3.63) is 0 Å². The Morgan fingerprint density at radius 1 is 1.45 bits per heavy atom. The van der Waals surface area contributed by atoms with Crippen molar-refractivity contribution in [2.45, 2.75) is 38.9 Å². The number of terminal acetylenes is 1. The van der Waals surface area contributed by atoms with Crippen molar-refractivity contribution in [3.63, 3.8) is 0 Å². The zero-order chi connectivity index (χ0) is 16.3. The number of amides is 2. The molecule has 0 aromatic rings. The second-order valence-corrected chi connectivity index (χ2v) is 6.79. The summed E-state index contributed by atoms with van der Waals surface area (Å²) in [5.74, 6) is 2.67. The highest BCUT2D eigenvalue weighted by Gasteiger charge is 2.33. The van der Waals surface area contributed by atoms with E-state index in [2.05, 4.69) is 5.92 Å². The van der Waals surface area contributed by atoms with E-state index in [1.54, 1.807) is 9.80 Å². The maximum absolute atomic E-state index is 12.1. The first kappa shape index (κ1) is 16.6. The van der Waals surface area contributed by atoms with Crippen LogP contribution in [0, 0.1) is 18.3 Å². The molecule has 0 aromatic carbocycles. The van der Waals surface area contributed by atoms with Crippen LogP contribution in [0.5, 0.6) is 0 Å². The molecular weight excluding hydrogens is 284 g/mol. The summed E-state index contributed by atoms with van der Waals surface area (Å²) in [6.45, 7) is 7.94. The smallest absolute Gasteiger partial charge is 0.410 e. The monoisotopic (exact) mass is 308 g/mol. The molecule has 2 rings (SSSR count). The Hall–Kier alpha value is -1.74. The zero-order valence-electron chi connectivity index (χ0n) is 13.5. The van der Waals surface area contributed by atoms with Gasteiger partial charge >= 0.3 is 6.09 Å². The maximum Gasteiger partial charge on any atom is 0.410 e. The van der Waals surface area contributed by atoms with Crippen LogP contribution in [-0.2, 0) is 14.3 Å². The molecule has 22 heavy (non-hydrogen) atoms. The summed E-state index contributed by atoms with van der Waals surface area (Å²) < 4.78 is 11.0. The van der Waals surface area contributed by atoms with Crippen LogP contribution < -0.4 is 0 Å². The SMILES string of the molecule is C#CC1CC(=O)N(C[C@@H]2CN(C(=O)OC(C)(C)C)CCO2)C1. The van der Waals surface area contributed by atoms with Gasteiger partial charge in [-0.1, -0.05) is 0 Å². The summed E-state index contributed by atoms with van der Waals surface area (Å²) in [7, 11) is 0. The van der Waals surface area contributed by atoms with Crippen molar-refractivity contribution in [1.82, 2.24) is 9.80 Å². The average Bonchev–Trinajstić information content (AvgIpc) is 2.78. The van der Waals surface area contributed by atoms with E-state index < -0.39 is 5.60 Å². The van der Waals surface area contributed by atoms with Crippen molar-refractivity contribution in [2.24, 2.45) is 5.92 Å². The summed E-state index contributed by atoms with van der Waals surface area (Å²) in [6.07, 6.45) is 5.25. The number of likely N-dealkylation sites (tertiary alicyclic amines) is 1. The van der Waals surface area contributed by atoms with Crippen molar-refractivity contribution >= 4 is 12.0 Å². The molecule has 0 spiro atoms. The number of carbonyl (C=O) groups is 2. The second kappa shape index (κ2) is 6.57. The van der Waals surface area contributed by atoms with Crippen molar-refractivity contribution in [3.8, 4) is 12.3 Å². The molecule has 6 nitrogen and oxygen atoms in total. The molecule has 2 atom stereocenters. The molecule has 0 N–H and O–H groups in total. The van der Waals surface area contributed by atoms with Gasteiger partial charge in [-0.15, -0.1) is 12.3 Å². The Morgan fingerprint density at radius 3 is 2.77 bits per heavy atom. The van der Waals surface area contributed by atoms with Gasteiger partial charge in [-0.2, -0.15) is 0 Å². The van der Waals surface area contributed by atoms with Gasteiger partial charge in [0.1, 0.15) is 5.60 Å². The molecule has 122 valence electrons. The minimum Gasteiger partial charge on any atom is -0.444 e. The minimum absolute atomic E-state index is 0.0157. The molecule has 2 saturated heterocycles. The van der Waals surface area contributed by atoms with Crippen molar-refractivity contribution < 1.29 is 19.1 Å². The highest BCUT2D eigenvalue weighted by Crippen LogP contribution is 2.19. The third kappa shape index (κ3) is 4.38. The molecule has 0 bridgehead atoms. The second-order valence-electron chi connectivity index (χ2n) is 6.79. The van der Waals surface area contributed by atoms with E-state index in [1.807, 2.05) is 20.8 Å². The summed E-state index contributed by atoms with van der Waals surface area (Å²) in [5, 5.41) is 0. The number of rotatable bonds is 2. The van der Waals surface area contributed by atoms with Gasteiger partial charge in [0, 0.05) is 32.0 Å². The molecule has 2 fully saturated rings. The molecular formula is C16H24N2O4. The van der Waals surface area contributed by atoms with E-state index in [-0.39, 0.29) is 24.0 Å². The van der Waals surface area contributed by atoms with E-state index in [1.165, 1.54) is 0 Å². The van der Waals surface area contributed by atoms with Gasteiger partial charge in [-0.25, -0.2) is 4.79 Å². The number of hydrogen-bond acceptors (Lipinski definition) is 4. The van der Waals surface area contributed by atoms with E-state index in [9.17, 15) is 9.59 Å². The number of carbonyl (C=O) groups excluding carboxylic acids is 2. The average molecular weight is 308 g/mol. The van der Waals surface area contributed by atoms with E-state index in [0.717, 1.165) is 0 Å². The molecule has 2 amide bonds. The summed E-state index contributed by atoms with van der Waals surface area (Å²) >= 11 is 0. The minimum atomic E-state index is -0.518. The Balaban J connectivity index is 1.87. The first-order chi connectivity index (χ1) is 10.3. The topological polar surface area (TPSA) is 59.1 Å². The third-order valence-electron chi connectivity index (χ3n) is 3.66. The fourth-order valence-electron chi connectivity index (χ4n) is 2.63. The fourth-order valence-corrected chi connectivity index (χ4v) is 2.63. The lowest BCUT2D eigenvalue weighted by molar-refractivity contribution is -0.130. The van der Waals surface area contributed by atoms with Gasteiger partial charge in [0.2, 0.25) is 5.91 Å². The summed E-state index contributed by atoms with van der Waals surface area (Å²) in [4.78, 5) is 27.4. The lowest BCUT2D eigenvalue weighted by atomic mass is 10.1. The van der Waals surface area contributed by atoms with Gasteiger partial charge < -0.3 is 19.3 Å². The highest BCUT2D eigenvalue weighted by molar-refractivity contribution is 5.79. The maximum atomic E-state index is 12.1.